The first kappa shape index (κ1) is 22.8. The maximum Gasteiger partial charge on any atom is 0.228 e. The van der Waals surface area contributed by atoms with Crippen LogP contribution in [0.2, 0.25) is 0 Å². The number of aromatic nitrogens is 1. The Hall–Kier alpha value is -3.93. The number of fused-ring (bicyclic) bond motifs is 3. The molecule has 5 rings (SSSR count). The highest BCUT2D eigenvalue weighted by molar-refractivity contribution is 5.82. The molecule has 35 heavy (non-hydrogen) atoms. The highest BCUT2D eigenvalue weighted by Crippen LogP contribution is 2.69. The number of amides is 1. The summed E-state index contributed by atoms with van der Waals surface area (Å²) in [4.78, 5) is 19.2. The summed E-state index contributed by atoms with van der Waals surface area (Å²) in [6.45, 7) is 0. The summed E-state index contributed by atoms with van der Waals surface area (Å²) in [5.74, 6) is -1.78. The Labute approximate surface area is 203 Å². The first-order valence-corrected chi connectivity index (χ1v) is 11.2. The molecule has 1 aliphatic heterocycles. The van der Waals surface area contributed by atoms with E-state index in [1.54, 1.807) is 44.4 Å². The van der Waals surface area contributed by atoms with Crippen LogP contribution in [0.4, 0.5) is 0 Å². The minimum absolute atomic E-state index is 0.101. The van der Waals surface area contributed by atoms with Crippen molar-refractivity contribution in [3.63, 3.8) is 0 Å². The van der Waals surface area contributed by atoms with Crippen molar-refractivity contribution in [1.29, 1.82) is 5.26 Å². The van der Waals surface area contributed by atoms with E-state index in [0.717, 1.165) is 0 Å². The Kier molecular flexibility index (Phi) is 5.28. The second kappa shape index (κ2) is 8.08. The summed E-state index contributed by atoms with van der Waals surface area (Å²) in [7, 11) is 4.65. The van der Waals surface area contributed by atoms with Gasteiger partial charge in [-0.25, -0.2) is 4.98 Å². The summed E-state index contributed by atoms with van der Waals surface area (Å²) in [5, 5.41) is 33.8. The SMILES string of the molecule is COc1nccc2c1C1(O)[C@H](O)[C@H](C(=O)N(C)C)[C@@H](c3ccccc3)[C@]1(c1ccc(C#N)cc1)O2. The van der Waals surface area contributed by atoms with Gasteiger partial charge >= 0.3 is 0 Å². The van der Waals surface area contributed by atoms with E-state index in [0.29, 0.717) is 22.4 Å². The van der Waals surface area contributed by atoms with Gasteiger partial charge in [0.15, 0.2) is 11.2 Å². The van der Waals surface area contributed by atoms with Crippen LogP contribution in [0.3, 0.4) is 0 Å². The number of carbonyl (C=O) groups is 1. The number of ether oxygens (including phenoxy) is 2. The molecule has 1 aliphatic carbocycles. The van der Waals surface area contributed by atoms with Crippen molar-refractivity contribution in [2.24, 2.45) is 5.92 Å². The third-order valence-corrected chi connectivity index (χ3v) is 7.18. The standard InChI is InChI=1S/C27H25N3O5/c1-30(2)25(32)20-21(17-7-5-4-6-8-17)27(18-11-9-16(15-28)10-12-18)26(33,23(20)31)22-19(35-27)13-14-29-24(22)34-3/h4-14,20-21,23,31,33H,1-3H3/t20-,21-,23-,26?,27+/m1/s1. The second-order valence-electron chi connectivity index (χ2n) is 9.08. The highest BCUT2D eigenvalue weighted by atomic mass is 16.5. The first-order valence-electron chi connectivity index (χ1n) is 11.2. The highest BCUT2D eigenvalue weighted by Gasteiger charge is 2.78. The van der Waals surface area contributed by atoms with Gasteiger partial charge in [0, 0.05) is 26.2 Å². The number of rotatable bonds is 4. The van der Waals surface area contributed by atoms with Crippen LogP contribution in [0.25, 0.3) is 0 Å². The number of aliphatic hydroxyl groups is 2. The summed E-state index contributed by atoms with van der Waals surface area (Å²) < 4.78 is 12.1. The predicted octanol–water partition coefficient (Wildman–Crippen LogP) is 2.30. The van der Waals surface area contributed by atoms with Gasteiger partial charge in [0.1, 0.15) is 11.9 Å². The average Bonchev–Trinajstić information content (AvgIpc) is 3.27. The number of aliphatic hydroxyl groups excluding tert-OH is 1. The van der Waals surface area contributed by atoms with Crippen molar-refractivity contribution in [1.82, 2.24) is 9.88 Å². The molecule has 1 amide bonds. The molecule has 0 radical (unpaired) electrons. The smallest absolute Gasteiger partial charge is 0.228 e. The van der Waals surface area contributed by atoms with Crippen molar-refractivity contribution >= 4 is 5.91 Å². The van der Waals surface area contributed by atoms with E-state index in [9.17, 15) is 20.3 Å². The molecule has 1 aromatic heterocycles. The maximum absolute atomic E-state index is 13.6. The van der Waals surface area contributed by atoms with E-state index in [-0.39, 0.29) is 17.4 Å². The molecule has 2 heterocycles. The minimum Gasteiger partial charge on any atom is -0.481 e. The van der Waals surface area contributed by atoms with Crippen LogP contribution in [-0.4, -0.2) is 53.3 Å². The van der Waals surface area contributed by atoms with Crippen LogP contribution in [0, 0.1) is 17.2 Å². The molecule has 5 atom stereocenters. The fourth-order valence-electron chi connectivity index (χ4n) is 5.75. The van der Waals surface area contributed by atoms with Crippen LogP contribution < -0.4 is 9.47 Å². The van der Waals surface area contributed by atoms with Crippen LogP contribution in [-0.2, 0) is 16.0 Å². The summed E-state index contributed by atoms with van der Waals surface area (Å²) >= 11 is 0. The minimum atomic E-state index is -2.09. The zero-order chi connectivity index (χ0) is 25.0. The number of pyridine rings is 1. The van der Waals surface area contributed by atoms with Gasteiger partial charge in [-0.1, -0.05) is 42.5 Å². The van der Waals surface area contributed by atoms with Gasteiger partial charge in [0.05, 0.1) is 30.2 Å². The fraction of sp³-hybridized carbons (Fsp3) is 0.296. The molecular formula is C27H25N3O5. The lowest BCUT2D eigenvalue weighted by molar-refractivity contribution is -0.156. The van der Waals surface area contributed by atoms with Gasteiger partial charge in [0.2, 0.25) is 11.8 Å². The number of hydrogen-bond donors (Lipinski definition) is 2. The molecule has 0 bridgehead atoms. The third-order valence-electron chi connectivity index (χ3n) is 7.18. The van der Waals surface area contributed by atoms with E-state index in [2.05, 4.69) is 11.1 Å². The van der Waals surface area contributed by atoms with Crippen LogP contribution in [0.15, 0.2) is 66.9 Å². The molecule has 0 spiro atoms. The molecule has 2 aliphatic rings. The lowest BCUT2D eigenvalue weighted by atomic mass is 9.70. The predicted molar refractivity (Wildman–Crippen MR) is 126 cm³/mol. The number of nitrogens with zero attached hydrogens (tertiary/aromatic N) is 3. The monoisotopic (exact) mass is 471 g/mol. The van der Waals surface area contributed by atoms with Crippen molar-refractivity contribution < 1.29 is 24.5 Å². The molecule has 1 fully saturated rings. The van der Waals surface area contributed by atoms with E-state index >= 15 is 0 Å². The van der Waals surface area contributed by atoms with Crippen molar-refractivity contribution in [2.45, 2.75) is 23.2 Å². The maximum atomic E-state index is 13.6. The lowest BCUT2D eigenvalue weighted by Gasteiger charge is -2.40. The number of nitriles is 1. The average molecular weight is 472 g/mol. The van der Waals surface area contributed by atoms with Gasteiger partial charge in [-0.2, -0.15) is 5.26 Å². The van der Waals surface area contributed by atoms with E-state index < -0.39 is 29.1 Å². The normalized spacial score (nSPS) is 28.4. The molecule has 8 nitrogen and oxygen atoms in total. The number of benzene rings is 2. The van der Waals surface area contributed by atoms with Crippen LogP contribution in [0.1, 0.15) is 28.2 Å². The number of hydrogen-bond acceptors (Lipinski definition) is 7. The van der Waals surface area contributed by atoms with Gasteiger partial charge < -0.3 is 24.6 Å². The second-order valence-corrected chi connectivity index (χ2v) is 9.08. The van der Waals surface area contributed by atoms with Crippen LogP contribution in [0.5, 0.6) is 11.6 Å². The quantitative estimate of drug-likeness (QED) is 0.600. The zero-order valence-electron chi connectivity index (χ0n) is 19.5. The molecule has 8 heteroatoms. The van der Waals surface area contributed by atoms with Gasteiger partial charge in [-0.05, 0) is 29.3 Å². The largest absolute Gasteiger partial charge is 0.481 e. The molecule has 1 unspecified atom stereocenters. The Morgan fingerprint density at radius 1 is 1.14 bits per heavy atom. The molecule has 1 saturated carbocycles. The Balaban J connectivity index is 1.88. The first-order chi connectivity index (χ1) is 16.8. The van der Waals surface area contributed by atoms with E-state index in [4.69, 9.17) is 9.47 Å². The summed E-state index contributed by atoms with van der Waals surface area (Å²) in [6.07, 6.45) is -0.0569. The van der Waals surface area contributed by atoms with Gasteiger partial charge in [-0.3, -0.25) is 4.79 Å². The fourth-order valence-corrected chi connectivity index (χ4v) is 5.75. The molecule has 2 aromatic carbocycles. The van der Waals surface area contributed by atoms with Crippen LogP contribution >= 0.6 is 0 Å². The van der Waals surface area contributed by atoms with Crippen molar-refractivity contribution in [3.8, 4) is 17.7 Å². The summed E-state index contributed by atoms with van der Waals surface area (Å²) in [5.41, 5.74) is -1.86. The Bertz CT molecular complexity index is 1320. The molecule has 178 valence electrons. The number of methoxy groups -OCH3 is 1. The Morgan fingerprint density at radius 2 is 1.83 bits per heavy atom. The van der Waals surface area contributed by atoms with E-state index in [1.807, 2.05) is 30.3 Å². The zero-order valence-corrected chi connectivity index (χ0v) is 19.5. The third kappa shape index (κ3) is 2.92. The van der Waals surface area contributed by atoms with E-state index in [1.165, 1.54) is 18.2 Å². The van der Waals surface area contributed by atoms with Gasteiger partial charge in [-0.15, -0.1) is 0 Å². The molecular weight excluding hydrogens is 446 g/mol. The van der Waals surface area contributed by atoms with Gasteiger partial charge in [0.25, 0.3) is 0 Å². The lowest BCUT2D eigenvalue weighted by Crippen LogP contribution is -2.52. The topological polar surface area (TPSA) is 116 Å². The molecule has 0 saturated heterocycles. The molecule has 2 N–H and O–H groups in total. The van der Waals surface area contributed by atoms with Crippen molar-refractivity contribution in [3.05, 3.63) is 89.1 Å². The Morgan fingerprint density at radius 3 is 2.43 bits per heavy atom. The summed E-state index contributed by atoms with van der Waals surface area (Å²) in [6, 6.07) is 19.6. The number of carbonyl (C=O) groups excluding carboxylic acids is 1. The molecule has 3 aromatic rings. The van der Waals surface area contributed by atoms with Crippen molar-refractivity contribution in [2.75, 3.05) is 21.2 Å².